The molecule has 1 fully saturated rings. The van der Waals surface area contributed by atoms with Gasteiger partial charge >= 0.3 is 0 Å². The van der Waals surface area contributed by atoms with E-state index in [1.807, 2.05) is 0 Å². The summed E-state index contributed by atoms with van der Waals surface area (Å²) in [6.07, 6.45) is 7.55. The Morgan fingerprint density at radius 3 is 2.46 bits per heavy atom. The van der Waals surface area contributed by atoms with Crippen LogP contribution in [0.15, 0.2) is 53.5 Å². The zero-order valence-electron chi connectivity index (χ0n) is 14.5. The molecule has 0 radical (unpaired) electrons. The van der Waals surface area contributed by atoms with E-state index in [-0.39, 0.29) is 0 Å². The van der Waals surface area contributed by atoms with Gasteiger partial charge in [0.15, 0.2) is 0 Å². The lowest BCUT2D eigenvalue weighted by molar-refractivity contribution is 0.442. The van der Waals surface area contributed by atoms with Gasteiger partial charge in [0.25, 0.3) is 0 Å². The highest BCUT2D eigenvalue weighted by Gasteiger charge is 2.25. The van der Waals surface area contributed by atoms with Crippen molar-refractivity contribution in [3.63, 3.8) is 0 Å². The third kappa shape index (κ3) is 3.24. The van der Waals surface area contributed by atoms with E-state index in [1.54, 1.807) is 0 Å². The van der Waals surface area contributed by atoms with Crippen molar-refractivity contribution in [1.29, 1.82) is 0 Å². The van der Waals surface area contributed by atoms with Gasteiger partial charge in [0, 0.05) is 23.4 Å². The molecule has 1 atom stereocenters. The van der Waals surface area contributed by atoms with Crippen molar-refractivity contribution in [2.45, 2.75) is 57.5 Å². The molecule has 124 valence electrons. The highest BCUT2D eigenvalue weighted by molar-refractivity contribution is 6.07. The average Bonchev–Trinajstić information content (AvgIpc) is 2.63. The smallest absolute Gasteiger partial charge is 0.0569 e. The van der Waals surface area contributed by atoms with Crippen LogP contribution in [0.2, 0.25) is 0 Å². The molecule has 1 heterocycles. The molecule has 1 aliphatic carbocycles. The highest BCUT2D eigenvalue weighted by Crippen LogP contribution is 2.34. The predicted molar refractivity (Wildman–Crippen MR) is 102 cm³/mol. The molecule has 24 heavy (non-hydrogen) atoms. The summed E-state index contributed by atoms with van der Waals surface area (Å²) in [5.74, 6) is 0. The number of hydrogen-bond donors (Lipinski definition) is 1. The van der Waals surface area contributed by atoms with Gasteiger partial charge in [-0.2, -0.15) is 0 Å². The Morgan fingerprint density at radius 1 is 0.917 bits per heavy atom. The number of benzene rings is 2. The zero-order chi connectivity index (χ0) is 16.4. The molecule has 2 aliphatic rings. The quantitative estimate of drug-likeness (QED) is 0.757. The summed E-state index contributed by atoms with van der Waals surface area (Å²) in [6, 6.07) is 18.4. The molecule has 1 aliphatic heterocycles. The van der Waals surface area contributed by atoms with Crippen LogP contribution in [0, 0.1) is 6.92 Å². The number of fused-ring (bicyclic) bond motifs is 1. The van der Waals surface area contributed by atoms with Gasteiger partial charge in [-0.3, -0.25) is 4.99 Å². The fourth-order valence-corrected chi connectivity index (χ4v) is 3.96. The maximum Gasteiger partial charge on any atom is 0.0569 e. The minimum Gasteiger partial charge on any atom is -0.377 e. The third-order valence-electron chi connectivity index (χ3n) is 5.36. The molecule has 4 rings (SSSR count). The van der Waals surface area contributed by atoms with Crippen molar-refractivity contribution in [3.05, 3.63) is 65.2 Å². The van der Waals surface area contributed by atoms with E-state index in [9.17, 15) is 0 Å². The van der Waals surface area contributed by atoms with Crippen LogP contribution in [0.4, 0.5) is 5.69 Å². The van der Waals surface area contributed by atoms with Gasteiger partial charge in [-0.05, 0) is 31.4 Å². The van der Waals surface area contributed by atoms with Gasteiger partial charge < -0.3 is 5.32 Å². The number of anilines is 1. The number of para-hydroxylation sites is 1. The standard InChI is InChI=1S/C22H26N2/c1-16-11-13-17(14-12-16)21-15-22(23-18-7-3-2-4-8-18)19-9-5-6-10-20(19)24-21/h5-6,9-14,18,21,24H,2-4,7-8,15H2,1H3. The predicted octanol–water partition coefficient (Wildman–Crippen LogP) is 5.67. The van der Waals surface area contributed by atoms with Crippen molar-refractivity contribution in [3.8, 4) is 0 Å². The molecule has 0 amide bonds. The van der Waals surface area contributed by atoms with E-state index in [0.29, 0.717) is 12.1 Å². The van der Waals surface area contributed by atoms with Gasteiger partial charge in [0.05, 0.1) is 12.1 Å². The molecule has 2 aromatic rings. The molecule has 2 aromatic carbocycles. The molecule has 2 heteroatoms. The first-order chi connectivity index (χ1) is 11.8. The number of nitrogens with zero attached hydrogens (tertiary/aromatic N) is 1. The second kappa shape index (κ2) is 6.80. The van der Waals surface area contributed by atoms with Crippen LogP contribution in [0.5, 0.6) is 0 Å². The first kappa shape index (κ1) is 15.4. The number of aryl methyl sites for hydroxylation is 1. The van der Waals surface area contributed by atoms with Crippen molar-refractivity contribution >= 4 is 11.4 Å². The summed E-state index contributed by atoms with van der Waals surface area (Å²) < 4.78 is 0. The normalized spacial score (nSPS) is 22.9. The van der Waals surface area contributed by atoms with E-state index < -0.39 is 0 Å². The molecular formula is C22H26N2. The minimum atomic E-state index is 0.322. The maximum atomic E-state index is 5.21. The van der Waals surface area contributed by atoms with Crippen LogP contribution in [-0.2, 0) is 0 Å². The van der Waals surface area contributed by atoms with Crippen LogP contribution in [0.1, 0.15) is 61.3 Å². The van der Waals surface area contributed by atoms with Crippen molar-refractivity contribution in [2.75, 3.05) is 5.32 Å². The summed E-state index contributed by atoms with van der Waals surface area (Å²) in [5, 5.41) is 3.72. The summed E-state index contributed by atoms with van der Waals surface area (Å²) in [5.41, 5.74) is 6.48. The van der Waals surface area contributed by atoms with Crippen LogP contribution in [0.25, 0.3) is 0 Å². The van der Waals surface area contributed by atoms with E-state index >= 15 is 0 Å². The molecular weight excluding hydrogens is 292 g/mol. The summed E-state index contributed by atoms with van der Waals surface area (Å²) in [6.45, 7) is 2.14. The van der Waals surface area contributed by atoms with Crippen LogP contribution in [-0.4, -0.2) is 11.8 Å². The topological polar surface area (TPSA) is 24.4 Å². The van der Waals surface area contributed by atoms with E-state index in [2.05, 4.69) is 60.8 Å². The summed E-state index contributed by atoms with van der Waals surface area (Å²) >= 11 is 0. The molecule has 0 spiro atoms. The second-order valence-electron chi connectivity index (χ2n) is 7.22. The summed E-state index contributed by atoms with van der Waals surface area (Å²) in [7, 11) is 0. The zero-order valence-corrected chi connectivity index (χ0v) is 14.5. The molecule has 1 N–H and O–H groups in total. The van der Waals surface area contributed by atoms with E-state index in [4.69, 9.17) is 4.99 Å². The molecule has 0 bridgehead atoms. The fraction of sp³-hybridized carbons (Fsp3) is 0.409. The van der Waals surface area contributed by atoms with Gasteiger partial charge in [-0.25, -0.2) is 0 Å². The lowest BCUT2D eigenvalue weighted by Crippen LogP contribution is -2.25. The monoisotopic (exact) mass is 318 g/mol. The Hall–Kier alpha value is -2.09. The Balaban J connectivity index is 1.66. The van der Waals surface area contributed by atoms with Gasteiger partial charge in [0.1, 0.15) is 0 Å². The molecule has 1 unspecified atom stereocenters. The second-order valence-corrected chi connectivity index (χ2v) is 7.22. The summed E-state index contributed by atoms with van der Waals surface area (Å²) in [4.78, 5) is 5.21. The number of aliphatic imine (C=N–C) groups is 1. The van der Waals surface area contributed by atoms with Crippen LogP contribution >= 0.6 is 0 Å². The number of nitrogens with one attached hydrogen (secondary N) is 1. The lowest BCUT2D eigenvalue weighted by Gasteiger charge is -2.30. The first-order valence-electron chi connectivity index (χ1n) is 9.29. The SMILES string of the molecule is Cc1ccc(C2CC(=NC3CCCCC3)c3ccccc3N2)cc1. The maximum absolute atomic E-state index is 5.21. The number of rotatable bonds is 2. The molecule has 0 saturated heterocycles. The molecule has 2 nitrogen and oxygen atoms in total. The highest BCUT2D eigenvalue weighted by atomic mass is 15.0. The third-order valence-corrected chi connectivity index (χ3v) is 5.36. The minimum absolute atomic E-state index is 0.322. The van der Waals surface area contributed by atoms with Crippen molar-refractivity contribution in [1.82, 2.24) is 0 Å². The Morgan fingerprint density at radius 2 is 1.67 bits per heavy atom. The Labute approximate surface area is 145 Å². The van der Waals surface area contributed by atoms with Crippen LogP contribution < -0.4 is 5.32 Å². The molecule has 0 aromatic heterocycles. The van der Waals surface area contributed by atoms with Crippen molar-refractivity contribution in [2.24, 2.45) is 4.99 Å². The Bertz CT molecular complexity index is 724. The first-order valence-corrected chi connectivity index (χ1v) is 9.29. The van der Waals surface area contributed by atoms with Gasteiger partial charge in [-0.1, -0.05) is 67.3 Å². The van der Waals surface area contributed by atoms with E-state index in [0.717, 1.165) is 6.42 Å². The van der Waals surface area contributed by atoms with Gasteiger partial charge in [0.2, 0.25) is 0 Å². The van der Waals surface area contributed by atoms with Crippen molar-refractivity contribution < 1.29 is 0 Å². The fourth-order valence-electron chi connectivity index (χ4n) is 3.96. The van der Waals surface area contributed by atoms with Gasteiger partial charge in [-0.15, -0.1) is 0 Å². The Kier molecular flexibility index (Phi) is 4.38. The van der Waals surface area contributed by atoms with E-state index in [1.165, 1.54) is 60.2 Å². The average molecular weight is 318 g/mol. The lowest BCUT2D eigenvalue weighted by atomic mass is 9.90. The largest absolute Gasteiger partial charge is 0.377 e. The number of hydrogen-bond acceptors (Lipinski definition) is 2. The van der Waals surface area contributed by atoms with Crippen LogP contribution in [0.3, 0.4) is 0 Å². The molecule has 1 saturated carbocycles.